The number of ketones is 1. The highest BCUT2D eigenvalue weighted by molar-refractivity contribution is 6.22. The van der Waals surface area contributed by atoms with Gasteiger partial charge in [0.15, 0.2) is 11.2 Å². The third-order valence-corrected chi connectivity index (χ3v) is 7.63. The van der Waals surface area contributed by atoms with Crippen LogP contribution in [-0.4, -0.2) is 48.9 Å². The molecule has 3 aliphatic rings. The lowest BCUT2D eigenvalue weighted by molar-refractivity contribution is -0.156. The van der Waals surface area contributed by atoms with E-state index in [0.29, 0.717) is 37.6 Å². The van der Waals surface area contributed by atoms with Crippen molar-refractivity contribution in [2.45, 2.75) is 12.8 Å². The Kier molecular flexibility index (Phi) is 4.26. The van der Waals surface area contributed by atoms with Gasteiger partial charge in [-0.1, -0.05) is 60.7 Å². The number of esters is 1. The molecule has 6 rings (SSSR count). The predicted molar refractivity (Wildman–Crippen MR) is 121 cm³/mol. The maximum absolute atomic E-state index is 14.0. The molecule has 0 aromatic heterocycles. The molecule has 0 spiro atoms. The summed E-state index contributed by atoms with van der Waals surface area (Å²) in [6.45, 7) is 3.34. The van der Waals surface area contributed by atoms with Gasteiger partial charge in [-0.25, -0.2) is 0 Å². The lowest BCUT2D eigenvalue weighted by atomic mass is 9.86. The standard InChI is InChI=1S/C27H23NO5/c1-26(23(29)18-8-3-2-4-9-18)22-21-19-10-6-5-7-17(19)11-12-20(21)33-25(31)27(22,26)24(30)28-13-15-32-16-14-28/h2-12,22H,13-16H2,1H3/t22-,26+,27+/m0/s1. The van der Waals surface area contributed by atoms with E-state index >= 15 is 0 Å². The molecule has 1 amide bonds. The molecule has 6 nitrogen and oxygen atoms in total. The van der Waals surface area contributed by atoms with E-state index in [9.17, 15) is 14.4 Å². The van der Waals surface area contributed by atoms with Gasteiger partial charge < -0.3 is 14.4 Å². The minimum absolute atomic E-state index is 0.215. The van der Waals surface area contributed by atoms with Crippen LogP contribution >= 0.6 is 0 Å². The summed E-state index contributed by atoms with van der Waals surface area (Å²) in [6.07, 6.45) is 0. The van der Waals surface area contributed by atoms with Gasteiger partial charge in [0.05, 0.1) is 18.6 Å². The zero-order valence-corrected chi connectivity index (χ0v) is 18.2. The van der Waals surface area contributed by atoms with Crippen LogP contribution in [0.5, 0.6) is 5.75 Å². The SMILES string of the molecule is C[C@]1(C(=O)c2ccccc2)[C@@H]2c3c(ccc4ccccc34)OC(=O)[C@]21C(=O)N1CCOCC1. The largest absolute Gasteiger partial charge is 0.425 e. The second kappa shape index (κ2) is 6.99. The minimum atomic E-state index is -1.59. The number of benzene rings is 3. The van der Waals surface area contributed by atoms with E-state index in [1.807, 2.05) is 36.4 Å². The monoisotopic (exact) mass is 441 g/mol. The fourth-order valence-corrected chi connectivity index (χ4v) is 5.95. The van der Waals surface area contributed by atoms with E-state index < -0.39 is 22.7 Å². The molecule has 1 saturated heterocycles. The van der Waals surface area contributed by atoms with Gasteiger partial charge >= 0.3 is 5.97 Å². The van der Waals surface area contributed by atoms with Gasteiger partial charge in [0.2, 0.25) is 5.91 Å². The Morgan fingerprint density at radius 2 is 1.64 bits per heavy atom. The Bertz CT molecular complexity index is 1310. The Morgan fingerprint density at radius 3 is 2.39 bits per heavy atom. The molecule has 0 radical (unpaired) electrons. The molecular formula is C27H23NO5. The molecular weight excluding hydrogens is 418 g/mol. The normalized spacial score (nSPS) is 28.0. The highest BCUT2D eigenvalue weighted by Crippen LogP contribution is 2.79. The predicted octanol–water partition coefficient (Wildman–Crippen LogP) is 3.59. The summed E-state index contributed by atoms with van der Waals surface area (Å²) in [5.41, 5.74) is -1.59. The molecule has 3 aromatic rings. The summed E-state index contributed by atoms with van der Waals surface area (Å²) in [4.78, 5) is 43.3. The average Bonchev–Trinajstić information content (AvgIpc) is 3.46. The van der Waals surface area contributed by atoms with Gasteiger partial charge in [-0.3, -0.25) is 14.4 Å². The molecule has 0 unspecified atom stereocenters. The number of Topliss-reactive ketones (excluding diaryl/α,β-unsaturated/α-hetero) is 1. The van der Waals surface area contributed by atoms with Crippen LogP contribution in [0, 0.1) is 10.8 Å². The number of nitrogens with zero attached hydrogens (tertiary/aromatic N) is 1. The Balaban J connectivity index is 1.59. The summed E-state index contributed by atoms with van der Waals surface area (Å²) in [6, 6.07) is 20.4. The highest BCUT2D eigenvalue weighted by Gasteiger charge is 2.88. The van der Waals surface area contributed by atoms with Crippen LogP contribution in [0.25, 0.3) is 10.8 Å². The summed E-state index contributed by atoms with van der Waals surface area (Å²) < 4.78 is 11.2. The van der Waals surface area contributed by atoms with Crippen LogP contribution in [0.1, 0.15) is 28.8 Å². The van der Waals surface area contributed by atoms with Crippen molar-refractivity contribution < 1.29 is 23.9 Å². The van der Waals surface area contributed by atoms with E-state index in [-0.39, 0.29) is 11.7 Å². The summed E-state index contributed by atoms with van der Waals surface area (Å²) in [5, 5.41) is 1.87. The Labute approximate surface area is 191 Å². The van der Waals surface area contributed by atoms with Crippen LogP contribution in [0.2, 0.25) is 0 Å². The minimum Gasteiger partial charge on any atom is -0.425 e. The number of carbonyl (C=O) groups excluding carboxylic acids is 3. The molecule has 2 aliphatic heterocycles. The van der Waals surface area contributed by atoms with Crippen molar-refractivity contribution in [2.24, 2.45) is 10.8 Å². The number of amides is 1. The number of rotatable bonds is 3. The maximum atomic E-state index is 14.0. The zero-order valence-electron chi connectivity index (χ0n) is 18.2. The van der Waals surface area contributed by atoms with E-state index in [2.05, 4.69) is 0 Å². The first kappa shape index (κ1) is 20.1. The van der Waals surface area contributed by atoms with Gasteiger partial charge in [0, 0.05) is 30.1 Å². The number of morpholine rings is 1. The fourth-order valence-electron chi connectivity index (χ4n) is 5.95. The smallest absolute Gasteiger partial charge is 0.328 e. The second-order valence-corrected chi connectivity index (χ2v) is 9.13. The van der Waals surface area contributed by atoms with Crippen molar-refractivity contribution in [3.8, 4) is 5.75 Å². The van der Waals surface area contributed by atoms with Crippen molar-refractivity contribution in [1.29, 1.82) is 0 Å². The van der Waals surface area contributed by atoms with E-state index in [0.717, 1.165) is 16.3 Å². The molecule has 1 aliphatic carbocycles. The molecule has 166 valence electrons. The van der Waals surface area contributed by atoms with Crippen molar-refractivity contribution in [2.75, 3.05) is 26.3 Å². The molecule has 2 heterocycles. The van der Waals surface area contributed by atoms with Crippen LogP contribution in [0.4, 0.5) is 0 Å². The molecule has 2 fully saturated rings. The number of fused-ring (bicyclic) bond motifs is 5. The lowest BCUT2D eigenvalue weighted by Gasteiger charge is -2.32. The first-order chi connectivity index (χ1) is 16.0. The first-order valence-electron chi connectivity index (χ1n) is 11.2. The number of hydrogen-bond donors (Lipinski definition) is 0. The molecule has 0 bridgehead atoms. The molecule has 3 atom stereocenters. The maximum Gasteiger partial charge on any atom is 0.328 e. The molecule has 1 saturated carbocycles. The summed E-state index contributed by atoms with van der Waals surface area (Å²) >= 11 is 0. The van der Waals surface area contributed by atoms with Crippen LogP contribution < -0.4 is 4.74 Å². The molecule has 6 heteroatoms. The van der Waals surface area contributed by atoms with E-state index in [1.165, 1.54) is 0 Å². The van der Waals surface area contributed by atoms with Crippen molar-refractivity contribution in [1.82, 2.24) is 4.90 Å². The summed E-state index contributed by atoms with van der Waals surface area (Å²) in [5.74, 6) is -1.37. The quantitative estimate of drug-likeness (QED) is 0.269. The van der Waals surface area contributed by atoms with Crippen LogP contribution in [0.15, 0.2) is 66.7 Å². The molecule has 0 N–H and O–H groups in total. The van der Waals surface area contributed by atoms with Gasteiger partial charge in [0.25, 0.3) is 0 Å². The van der Waals surface area contributed by atoms with E-state index in [1.54, 1.807) is 42.2 Å². The first-order valence-corrected chi connectivity index (χ1v) is 11.2. The molecule has 33 heavy (non-hydrogen) atoms. The number of ether oxygens (including phenoxy) is 2. The zero-order chi connectivity index (χ0) is 22.8. The van der Waals surface area contributed by atoms with Crippen molar-refractivity contribution in [3.05, 3.63) is 77.9 Å². The lowest BCUT2D eigenvalue weighted by Crippen LogP contribution is -2.50. The topological polar surface area (TPSA) is 72.9 Å². The van der Waals surface area contributed by atoms with Crippen LogP contribution in [-0.2, 0) is 14.3 Å². The fraction of sp³-hybridized carbons (Fsp3) is 0.296. The van der Waals surface area contributed by atoms with Gasteiger partial charge in [-0.15, -0.1) is 0 Å². The second-order valence-electron chi connectivity index (χ2n) is 9.13. The van der Waals surface area contributed by atoms with Gasteiger partial charge in [-0.2, -0.15) is 0 Å². The van der Waals surface area contributed by atoms with E-state index in [4.69, 9.17) is 9.47 Å². The Morgan fingerprint density at radius 1 is 0.939 bits per heavy atom. The van der Waals surface area contributed by atoms with Gasteiger partial charge in [-0.05, 0) is 23.8 Å². The van der Waals surface area contributed by atoms with Crippen molar-refractivity contribution in [3.63, 3.8) is 0 Å². The summed E-state index contributed by atoms with van der Waals surface area (Å²) in [7, 11) is 0. The highest BCUT2D eigenvalue weighted by atomic mass is 16.5. The molecule has 3 aromatic carbocycles. The number of hydrogen-bond acceptors (Lipinski definition) is 5. The van der Waals surface area contributed by atoms with Gasteiger partial charge in [0.1, 0.15) is 5.75 Å². The average molecular weight is 441 g/mol. The number of carbonyl (C=O) groups is 3. The van der Waals surface area contributed by atoms with Crippen LogP contribution in [0.3, 0.4) is 0 Å². The third kappa shape index (κ3) is 2.50. The third-order valence-electron chi connectivity index (χ3n) is 7.63. The Hall–Kier alpha value is -3.51. The van der Waals surface area contributed by atoms with Crippen molar-refractivity contribution >= 4 is 28.4 Å².